The number of hydrogen-bond acceptors (Lipinski definition) is 2. The predicted octanol–water partition coefficient (Wildman–Crippen LogP) is 3.30. The first-order chi connectivity index (χ1) is 7.60. The second-order valence-electron chi connectivity index (χ2n) is 3.95. The number of carboxylic acids is 1. The van der Waals surface area contributed by atoms with Gasteiger partial charge in [-0.2, -0.15) is 0 Å². The highest BCUT2D eigenvalue weighted by atomic mass is 16.5. The summed E-state index contributed by atoms with van der Waals surface area (Å²) >= 11 is 0. The molecule has 16 heavy (non-hydrogen) atoms. The Morgan fingerprint density at radius 3 is 2.69 bits per heavy atom. The first kappa shape index (κ1) is 12.6. The summed E-state index contributed by atoms with van der Waals surface area (Å²) in [5.74, 6) is 0.192. The second kappa shape index (κ2) is 5.54. The third kappa shape index (κ3) is 2.75. The van der Waals surface area contributed by atoms with Crippen molar-refractivity contribution in [2.45, 2.75) is 32.6 Å². The number of carboxylic acid groups (broad SMARTS) is 1. The molecule has 1 unspecified atom stereocenters. The van der Waals surface area contributed by atoms with Crippen molar-refractivity contribution >= 4 is 5.97 Å². The molecule has 0 spiro atoms. The van der Waals surface area contributed by atoms with Crippen LogP contribution in [0.1, 0.15) is 48.5 Å². The molecule has 0 bridgehead atoms. The van der Waals surface area contributed by atoms with E-state index in [-0.39, 0.29) is 0 Å². The first-order valence-electron chi connectivity index (χ1n) is 5.51. The Morgan fingerprint density at radius 2 is 2.19 bits per heavy atom. The Bertz CT molecular complexity index is 371. The summed E-state index contributed by atoms with van der Waals surface area (Å²) in [5, 5.41) is 8.94. The van der Waals surface area contributed by atoms with Crippen LogP contribution in [-0.2, 0) is 0 Å². The van der Waals surface area contributed by atoms with Crippen LogP contribution in [0, 0.1) is 0 Å². The van der Waals surface area contributed by atoms with Crippen LogP contribution >= 0.6 is 0 Å². The highest BCUT2D eigenvalue weighted by molar-refractivity contribution is 5.88. The maximum absolute atomic E-state index is 10.9. The van der Waals surface area contributed by atoms with Crippen LogP contribution in [0.4, 0.5) is 0 Å². The molecule has 0 radical (unpaired) electrons. The Labute approximate surface area is 96.1 Å². The number of rotatable bonds is 5. The van der Waals surface area contributed by atoms with Crippen LogP contribution in [0.2, 0.25) is 0 Å². The monoisotopic (exact) mass is 222 g/mol. The fourth-order valence-electron chi connectivity index (χ4n) is 1.84. The fraction of sp³-hybridized carbons (Fsp3) is 0.462. The maximum atomic E-state index is 10.9. The molecular formula is C13H18O3. The van der Waals surface area contributed by atoms with Gasteiger partial charge in [-0.3, -0.25) is 0 Å². The molecule has 0 aliphatic carbocycles. The molecule has 0 aliphatic rings. The molecule has 1 atom stereocenters. The van der Waals surface area contributed by atoms with Crippen LogP contribution in [0.25, 0.3) is 0 Å². The number of methoxy groups -OCH3 is 1. The minimum absolute atomic E-state index is 0.318. The lowest BCUT2D eigenvalue weighted by Crippen LogP contribution is -2.02. The zero-order chi connectivity index (χ0) is 12.1. The number of aromatic carboxylic acids is 1. The molecule has 0 saturated heterocycles. The lowest BCUT2D eigenvalue weighted by molar-refractivity contribution is 0.0696. The molecule has 0 aromatic heterocycles. The molecule has 1 aromatic rings. The van der Waals surface area contributed by atoms with Gasteiger partial charge in [0.1, 0.15) is 5.75 Å². The number of carbonyl (C=O) groups is 1. The van der Waals surface area contributed by atoms with Crippen molar-refractivity contribution < 1.29 is 14.6 Å². The standard InChI is InChI=1S/C13H18O3/c1-4-5-9(2)11-8-10(13(14)15)6-7-12(11)16-3/h6-9H,4-5H2,1-3H3,(H,14,15). The molecule has 88 valence electrons. The van der Waals surface area contributed by atoms with E-state index < -0.39 is 5.97 Å². The maximum Gasteiger partial charge on any atom is 0.335 e. The molecule has 0 fully saturated rings. The molecule has 1 aromatic carbocycles. The van der Waals surface area contributed by atoms with Gasteiger partial charge in [0, 0.05) is 0 Å². The highest BCUT2D eigenvalue weighted by Gasteiger charge is 2.13. The van der Waals surface area contributed by atoms with Crippen molar-refractivity contribution in [1.29, 1.82) is 0 Å². The van der Waals surface area contributed by atoms with Crippen LogP contribution in [0.15, 0.2) is 18.2 Å². The van der Waals surface area contributed by atoms with E-state index in [2.05, 4.69) is 13.8 Å². The van der Waals surface area contributed by atoms with Gasteiger partial charge in [0.25, 0.3) is 0 Å². The van der Waals surface area contributed by atoms with E-state index in [1.54, 1.807) is 25.3 Å². The molecule has 1 N–H and O–H groups in total. The average molecular weight is 222 g/mol. The quantitative estimate of drug-likeness (QED) is 0.831. The minimum Gasteiger partial charge on any atom is -0.496 e. The van der Waals surface area contributed by atoms with Gasteiger partial charge in [-0.15, -0.1) is 0 Å². The van der Waals surface area contributed by atoms with Gasteiger partial charge in [0.05, 0.1) is 12.7 Å². The Hall–Kier alpha value is -1.51. The lowest BCUT2D eigenvalue weighted by Gasteiger charge is -2.15. The largest absolute Gasteiger partial charge is 0.496 e. The zero-order valence-corrected chi connectivity index (χ0v) is 9.99. The summed E-state index contributed by atoms with van der Waals surface area (Å²) in [4.78, 5) is 10.9. The van der Waals surface area contributed by atoms with Crippen molar-refractivity contribution in [3.63, 3.8) is 0 Å². The van der Waals surface area contributed by atoms with Crippen molar-refractivity contribution in [1.82, 2.24) is 0 Å². The van der Waals surface area contributed by atoms with Crippen molar-refractivity contribution in [2.75, 3.05) is 7.11 Å². The minimum atomic E-state index is -0.896. The van der Waals surface area contributed by atoms with Gasteiger partial charge in [-0.1, -0.05) is 20.3 Å². The number of ether oxygens (including phenoxy) is 1. The molecule has 0 heterocycles. The molecule has 3 heteroatoms. The molecule has 0 amide bonds. The van der Waals surface area contributed by atoms with E-state index in [9.17, 15) is 4.79 Å². The molecule has 3 nitrogen and oxygen atoms in total. The van der Waals surface area contributed by atoms with Crippen molar-refractivity contribution in [3.8, 4) is 5.75 Å². The van der Waals surface area contributed by atoms with E-state index in [4.69, 9.17) is 9.84 Å². The third-order valence-corrected chi connectivity index (χ3v) is 2.73. The van der Waals surface area contributed by atoms with E-state index in [1.807, 2.05) is 0 Å². The van der Waals surface area contributed by atoms with Crippen LogP contribution < -0.4 is 4.74 Å². The van der Waals surface area contributed by atoms with Gasteiger partial charge in [-0.25, -0.2) is 4.79 Å². The zero-order valence-electron chi connectivity index (χ0n) is 9.99. The third-order valence-electron chi connectivity index (χ3n) is 2.73. The van der Waals surface area contributed by atoms with Gasteiger partial charge in [0.2, 0.25) is 0 Å². The van der Waals surface area contributed by atoms with Gasteiger partial charge in [-0.05, 0) is 36.1 Å². The molecule has 0 saturated carbocycles. The van der Waals surface area contributed by atoms with Crippen LogP contribution in [0.5, 0.6) is 5.75 Å². The normalized spacial score (nSPS) is 12.2. The second-order valence-corrected chi connectivity index (χ2v) is 3.95. The SMILES string of the molecule is CCCC(C)c1cc(C(=O)O)ccc1OC. The topological polar surface area (TPSA) is 46.5 Å². The van der Waals surface area contributed by atoms with E-state index in [1.165, 1.54) is 0 Å². The molecule has 0 aliphatic heterocycles. The van der Waals surface area contributed by atoms with E-state index >= 15 is 0 Å². The first-order valence-corrected chi connectivity index (χ1v) is 5.51. The summed E-state index contributed by atoms with van der Waals surface area (Å²) in [6.45, 7) is 4.21. The predicted molar refractivity (Wildman–Crippen MR) is 63.3 cm³/mol. The Morgan fingerprint density at radius 1 is 1.50 bits per heavy atom. The average Bonchev–Trinajstić information content (AvgIpc) is 2.28. The van der Waals surface area contributed by atoms with Crippen LogP contribution in [0.3, 0.4) is 0 Å². The van der Waals surface area contributed by atoms with Gasteiger partial charge >= 0.3 is 5.97 Å². The number of hydrogen-bond donors (Lipinski definition) is 1. The highest BCUT2D eigenvalue weighted by Crippen LogP contribution is 2.30. The Balaban J connectivity index is 3.11. The van der Waals surface area contributed by atoms with Crippen molar-refractivity contribution in [2.24, 2.45) is 0 Å². The summed E-state index contributed by atoms with van der Waals surface area (Å²) in [6.07, 6.45) is 2.10. The van der Waals surface area contributed by atoms with Gasteiger partial charge < -0.3 is 9.84 Å². The summed E-state index contributed by atoms with van der Waals surface area (Å²) < 4.78 is 5.25. The summed E-state index contributed by atoms with van der Waals surface area (Å²) in [7, 11) is 1.61. The Kier molecular flexibility index (Phi) is 4.35. The number of benzene rings is 1. The van der Waals surface area contributed by atoms with E-state index in [0.717, 1.165) is 24.2 Å². The fourth-order valence-corrected chi connectivity index (χ4v) is 1.84. The summed E-state index contributed by atoms with van der Waals surface area (Å²) in [5.41, 5.74) is 1.29. The lowest BCUT2D eigenvalue weighted by atomic mass is 9.94. The van der Waals surface area contributed by atoms with E-state index in [0.29, 0.717) is 11.5 Å². The molecular weight excluding hydrogens is 204 g/mol. The smallest absolute Gasteiger partial charge is 0.335 e. The van der Waals surface area contributed by atoms with Crippen LogP contribution in [-0.4, -0.2) is 18.2 Å². The summed E-state index contributed by atoms with van der Waals surface area (Å²) in [6, 6.07) is 5.01. The van der Waals surface area contributed by atoms with Gasteiger partial charge in [0.15, 0.2) is 0 Å². The molecule has 1 rings (SSSR count). The van der Waals surface area contributed by atoms with Crippen molar-refractivity contribution in [3.05, 3.63) is 29.3 Å².